The summed E-state index contributed by atoms with van der Waals surface area (Å²) in [6, 6.07) is -0.215. The largest absolute Gasteiger partial charge is 0.350 e. The van der Waals surface area contributed by atoms with Gasteiger partial charge in [0.05, 0.1) is 0 Å². The Bertz CT molecular complexity index is 380. The molecule has 5 heteroatoms. The third-order valence-electron chi connectivity index (χ3n) is 5.14. The summed E-state index contributed by atoms with van der Waals surface area (Å²) in [5.41, 5.74) is 5.90. The molecule has 0 aromatic heterocycles. The molecule has 1 heterocycles. The first kappa shape index (κ1) is 17.3. The minimum Gasteiger partial charge on any atom is -0.350 e. The van der Waals surface area contributed by atoms with E-state index in [-0.39, 0.29) is 23.9 Å². The van der Waals surface area contributed by atoms with Gasteiger partial charge in [0.1, 0.15) is 6.04 Å². The molecule has 1 aliphatic heterocycles. The van der Waals surface area contributed by atoms with Crippen molar-refractivity contribution in [2.45, 2.75) is 76.8 Å². The van der Waals surface area contributed by atoms with E-state index in [0.717, 1.165) is 32.1 Å². The minimum atomic E-state index is -0.281. The smallest absolute Gasteiger partial charge is 0.243 e. The predicted octanol–water partition coefficient (Wildman–Crippen LogP) is 1.80. The second kappa shape index (κ2) is 8.51. The molecule has 126 valence electrons. The Hall–Kier alpha value is -1.10. The molecule has 0 aromatic rings. The molecule has 0 spiro atoms. The van der Waals surface area contributed by atoms with Gasteiger partial charge in [-0.25, -0.2) is 0 Å². The molecule has 2 unspecified atom stereocenters. The topological polar surface area (TPSA) is 75.4 Å². The number of hydrogen-bond donors (Lipinski definition) is 2. The van der Waals surface area contributed by atoms with Gasteiger partial charge in [-0.1, -0.05) is 26.2 Å². The van der Waals surface area contributed by atoms with E-state index in [0.29, 0.717) is 25.4 Å². The van der Waals surface area contributed by atoms with E-state index in [4.69, 9.17) is 5.73 Å². The van der Waals surface area contributed by atoms with Crippen molar-refractivity contribution in [2.75, 3.05) is 13.1 Å². The summed E-state index contributed by atoms with van der Waals surface area (Å²) < 4.78 is 0. The molecule has 0 bridgehead atoms. The molecule has 2 atom stereocenters. The van der Waals surface area contributed by atoms with Gasteiger partial charge in [0.15, 0.2) is 0 Å². The monoisotopic (exact) mass is 309 g/mol. The maximum absolute atomic E-state index is 12.6. The lowest BCUT2D eigenvalue weighted by Gasteiger charge is -2.32. The summed E-state index contributed by atoms with van der Waals surface area (Å²) >= 11 is 0. The van der Waals surface area contributed by atoms with Gasteiger partial charge in [0, 0.05) is 25.6 Å². The molecule has 1 aliphatic carbocycles. The van der Waals surface area contributed by atoms with E-state index in [2.05, 4.69) is 5.32 Å². The minimum absolute atomic E-state index is 0.00276. The lowest BCUT2D eigenvalue weighted by molar-refractivity contribution is -0.138. The van der Waals surface area contributed by atoms with Crippen LogP contribution in [0.25, 0.3) is 0 Å². The molecule has 22 heavy (non-hydrogen) atoms. The number of rotatable bonds is 6. The van der Waals surface area contributed by atoms with Crippen LogP contribution in [0.2, 0.25) is 0 Å². The van der Waals surface area contributed by atoms with Crippen molar-refractivity contribution in [3.63, 3.8) is 0 Å². The Morgan fingerprint density at radius 3 is 2.55 bits per heavy atom. The standard InChI is InChI=1S/C17H31N3O2/c1-2-7-16(21)20-11-6-10-15(20)17(22)19-14(12-18)13-8-4-3-5-9-13/h13-15H,2-12,18H2,1H3,(H,19,22). The fourth-order valence-corrected chi connectivity index (χ4v) is 3.88. The Morgan fingerprint density at radius 1 is 1.18 bits per heavy atom. The number of carbonyl (C=O) groups excluding carboxylic acids is 2. The first-order valence-electron chi connectivity index (χ1n) is 8.97. The first-order valence-corrected chi connectivity index (χ1v) is 8.97. The zero-order chi connectivity index (χ0) is 15.9. The summed E-state index contributed by atoms with van der Waals surface area (Å²) in [5, 5.41) is 3.15. The molecule has 3 N–H and O–H groups in total. The van der Waals surface area contributed by atoms with E-state index in [1.807, 2.05) is 6.92 Å². The summed E-state index contributed by atoms with van der Waals surface area (Å²) in [6.45, 7) is 3.20. The van der Waals surface area contributed by atoms with Crippen molar-refractivity contribution in [1.29, 1.82) is 0 Å². The van der Waals surface area contributed by atoms with Crippen LogP contribution in [0.1, 0.15) is 64.7 Å². The van der Waals surface area contributed by atoms with Crippen molar-refractivity contribution in [1.82, 2.24) is 10.2 Å². The third-order valence-corrected chi connectivity index (χ3v) is 5.14. The summed E-state index contributed by atoms with van der Waals surface area (Å²) in [5.74, 6) is 0.619. The second-order valence-corrected chi connectivity index (χ2v) is 6.74. The highest BCUT2D eigenvalue weighted by Gasteiger charge is 2.35. The fraction of sp³-hybridized carbons (Fsp3) is 0.882. The van der Waals surface area contributed by atoms with Gasteiger partial charge in [-0.2, -0.15) is 0 Å². The molecule has 1 saturated carbocycles. The summed E-state index contributed by atoms with van der Waals surface area (Å²) in [6.07, 6.45) is 9.15. The molecule has 0 radical (unpaired) electrons. The Morgan fingerprint density at radius 2 is 1.91 bits per heavy atom. The first-order chi connectivity index (χ1) is 10.7. The van der Waals surface area contributed by atoms with Gasteiger partial charge in [-0.05, 0) is 38.0 Å². The van der Waals surface area contributed by atoms with E-state index in [9.17, 15) is 9.59 Å². The Balaban J connectivity index is 1.92. The number of likely N-dealkylation sites (tertiary alicyclic amines) is 1. The van der Waals surface area contributed by atoms with Gasteiger partial charge in [0.2, 0.25) is 11.8 Å². The Labute approximate surface area is 134 Å². The van der Waals surface area contributed by atoms with Gasteiger partial charge in [-0.15, -0.1) is 0 Å². The lowest BCUT2D eigenvalue weighted by atomic mass is 9.84. The number of nitrogens with one attached hydrogen (secondary N) is 1. The van der Waals surface area contributed by atoms with Crippen LogP contribution in [0.4, 0.5) is 0 Å². The molecule has 2 fully saturated rings. The van der Waals surface area contributed by atoms with Gasteiger partial charge >= 0.3 is 0 Å². The maximum atomic E-state index is 12.6. The normalized spacial score (nSPS) is 24.3. The van der Waals surface area contributed by atoms with E-state index in [1.165, 1.54) is 19.3 Å². The van der Waals surface area contributed by atoms with Crippen molar-refractivity contribution in [2.24, 2.45) is 11.7 Å². The van der Waals surface area contributed by atoms with Crippen LogP contribution < -0.4 is 11.1 Å². The lowest BCUT2D eigenvalue weighted by Crippen LogP contribution is -2.53. The van der Waals surface area contributed by atoms with E-state index < -0.39 is 0 Å². The molecular formula is C17H31N3O2. The van der Waals surface area contributed by atoms with E-state index in [1.54, 1.807) is 4.90 Å². The zero-order valence-electron chi connectivity index (χ0n) is 13.9. The number of nitrogens with two attached hydrogens (primary N) is 1. The van der Waals surface area contributed by atoms with Gasteiger partial charge in [-0.3, -0.25) is 9.59 Å². The molecule has 5 nitrogen and oxygen atoms in total. The quantitative estimate of drug-likeness (QED) is 0.785. The van der Waals surface area contributed by atoms with Gasteiger partial charge < -0.3 is 16.0 Å². The van der Waals surface area contributed by atoms with Crippen molar-refractivity contribution in [3.8, 4) is 0 Å². The highest BCUT2D eigenvalue weighted by Crippen LogP contribution is 2.27. The number of amides is 2. The van der Waals surface area contributed by atoms with Crippen molar-refractivity contribution < 1.29 is 9.59 Å². The van der Waals surface area contributed by atoms with Crippen molar-refractivity contribution >= 4 is 11.8 Å². The maximum Gasteiger partial charge on any atom is 0.243 e. The third kappa shape index (κ3) is 4.22. The van der Waals surface area contributed by atoms with Crippen LogP contribution in [0.15, 0.2) is 0 Å². The fourth-order valence-electron chi connectivity index (χ4n) is 3.88. The van der Waals surface area contributed by atoms with Crippen molar-refractivity contribution in [3.05, 3.63) is 0 Å². The summed E-state index contributed by atoms with van der Waals surface area (Å²) in [7, 11) is 0. The number of hydrogen-bond acceptors (Lipinski definition) is 3. The van der Waals surface area contributed by atoms with Crippen LogP contribution in [0, 0.1) is 5.92 Å². The highest BCUT2D eigenvalue weighted by atomic mass is 16.2. The number of nitrogens with zero attached hydrogens (tertiary/aromatic N) is 1. The predicted molar refractivity (Wildman–Crippen MR) is 87.2 cm³/mol. The van der Waals surface area contributed by atoms with Crippen LogP contribution in [0.5, 0.6) is 0 Å². The van der Waals surface area contributed by atoms with Gasteiger partial charge in [0.25, 0.3) is 0 Å². The summed E-state index contributed by atoms with van der Waals surface area (Å²) in [4.78, 5) is 26.5. The Kier molecular flexibility index (Phi) is 6.68. The molecule has 0 aromatic carbocycles. The molecule has 2 amide bonds. The SMILES string of the molecule is CCCC(=O)N1CCCC1C(=O)NC(CN)C1CCCCC1. The van der Waals surface area contributed by atoms with E-state index >= 15 is 0 Å². The molecule has 1 saturated heterocycles. The average Bonchev–Trinajstić information content (AvgIpc) is 3.03. The van der Waals surface area contributed by atoms with Crippen LogP contribution in [-0.4, -0.2) is 41.9 Å². The zero-order valence-corrected chi connectivity index (χ0v) is 13.9. The average molecular weight is 309 g/mol. The highest BCUT2D eigenvalue weighted by molar-refractivity contribution is 5.88. The number of carbonyl (C=O) groups is 2. The second-order valence-electron chi connectivity index (χ2n) is 6.74. The van der Waals surface area contributed by atoms with Crippen LogP contribution in [-0.2, 0) is 9.59 Å². The molecule has 2 aliphatic rings. The molecular weight excluding hydrogens is 278 g/mol. The van der Waals surface area contributed by atoms with Crippen LogP contribution in [0.3, 0.4) is 0 Å². The van der Waals surface area contributed by atoms with Crippen LogP contribution >= 0.6 is 0 Å². The molecule has 2 rings (SSSR count).